The highest BCUT2D eigenvalue weighted by Crippen LogP contribution is 2.80. The molecule has 6 fully saturated rings. The van der Waals surface area contributed by atoms with Crippen molar-refractivity contribution in [2.45, 2.75) is 83.2 Å². The van der Waals surface area contributed by atoms with Crippen molar-refractivity contribution in [3.8, 4) is 0 Å². The predicted octanol–water partition coefficient (Wildman–Crippen LogP) is 5.35. The summed E-state index contributed by atoms with van der Waals surface area (Å²) >= 11 is 0. The first-order valence-corrected chi connectivity index (χ1v) is 12.7. The van der Waals surface area contributed by atoms with E-state index < -0.39 is 0 Å². The maximum Gasteiger partial charge on any atom is 0.306 e. The Morgan fingerprint density at radius 1 is 1.13 bits per heavy atom. The van der Waals surface area contributed by atoms with Crippen molar-refractivity contribution >= 4 is 11.7 Å². The fraction of sp³-hybridized carbons (Fsp3) is 0.846. The van der Waals surface area contributed by atoms with E-state index in [1.807, 2.05) is 0 Å². The van der Waals surface area contributed by atoms with E-state index in [9.17, 15) is 10.0 Å². The third-order valence-electron chi connectivity index (χ3n) is 11.2. The zero-order valence-corrected chi connectivity index (χ0v) is 18.2. The molecule has 1 N–H and O–H groups in total. The van der Waals surface area contributed by atoms with Gasteiger partial charge in [-0.15, -0.1) is 0 Å². The molecule has 4 nitrogen and oxygen atoms in total. The van der Waals surface area contributed by atoms with Gasteiger partial charge in [-0.05, 0) is 112 Å². The van der Waals surface area contributed by atoms with E-state index in [1.165, 1.54) is 51.4 Å². The van der Waals surface area contributed by atoms with Crippen molar-refractivity contribution in [1.82, 2.24) is 0 Å². The molecule has 0 aromatic heterocycles. The molecule has 7 aliphatic rings. The lowest BCUT2D eigenvalue weighted by molar-refractivity contribution is -0.183. The van der Waals surface area contributed by atoms with Crippen LogP contribution in [-0.2, 0) is 9.53 Å². The summed E-state index contributed by atoms with van der Waals surface area (Å²) in [6, 6.07) is 0. The number of ether oxygens (including phenoxy) is 1. The topological polar surface area (TPSA) is 58.9 Å². The van der Waals surface area contributed by atoms with E-state index in [4.69, 9.17) is 4.74 Å². The Morgan fingerprint density at radius 2 is 2.00 bits per heavy atom. The van der Waals surface area contributed by atoms with Crippen LogP contribution in [-0.4, -0.2) is 22.5 Å². The van der Waals surface area contributed by atoms with Gasteiger partial charge in [0.1, 0.15) is 5.60 Å². The molecule has 0 bridgehead atoms. The summed E-state index contributed by atoms with van der Waals surface area (Å²) in [7, 11) is 0. The van der Waals surface area contributed by atoms with Gasteiger partial charge >= 0.3 is 5.97 Å². The Kier molecular flexibility index (Phi) is 3.61. The van der Waals surface area contributed by atoms with Crippen LogP contribution in [0.15, 0.2) is 16.8 Å². The number of oxime groups is 1. The van der Waals surface area contributed by atoms with Crippen molar-refractivity contribution in [1.29, 1.82) is 0 Å². The van der Waals surface area contributed by atoms with Gasteiger partial charge in [-0.2, -0.15) is 0 Å². The molecule has 9 atom stereocenters. The fourth-order valence-electron chi connectivity index (χ4n) is 10.2. The number of allylic oxidation sites excluding steroid dienone is 2. The van der Waals surface area contributed by atoms with E-state index >= 15 is 0 Å². The van der Waals surface area contributed by atoms with Crippen molar-refractivity contribution < 1.29 is 14.7 Å². The standard InChI is InChI=1S/C26H35NO3/c1-2-25-9-7-18-17-6-5-16(27-29)11-15(17)12-19(14-3-4-14)23(18)24(25)20-13-21(20)26(25)10-8-22(28)30-26/h11,14,17-21,23-24,29H,2-10,12-13H2,1H3/b27-16+/t17-,18?,19?,20?,21?,23?,24?,25-,26-/m0/s1. The molecule has 1 saturated heterocycles. The van der Waals surface area contributed by atoms with E-state index in [-0.39, 0.29) is 17.0 Å². The number of nitrogens with zero attached hydrogens (tertiary/aromatic N) is 1. The van der Waals surface area contributed by atoms with Crippen LogP contribution in [0.25, 0.3) is 0 Å². The predicted molar refractivity (Wildman–Crippen MR) is 113 cm³/mol. The van der Waals surface area contributed by atoms with Crippen LogP contribution < -0.4 is 0 Å². The summed E-state index contributed by atoms with van der Waals surface area (Å²) in [6.45, 7) is 2.40. The average molecular weight is 410 g/mol. The van der Waals surface area contributed by atoms with Gasteiger partial charge in [-0.1, -0.05) is 17.7 Å². The highest BCUT2D eigenvalue weighted by Gasteiger charge is 2.80. The number of carbonyl (C=O) groups is 1. The van der Waals surface area contributed by atoms with Crippen LogP contribution in [0.3, 0.4) is 0 Å². The highest BCUT2D eigenvalue weighted by atomic mass is 16.6. The molecule has 1 heterocycles. The molecule has 0 radical (unpaired) electrons. The second kappa shape index (κ2) is 5.92. The number of hydrogen-bond acceptors (Lipinski definition) is 4. The molecular formula is C26H35NO3. The molecule has 0 amide bonds. The first kappa shape index (κ1) is 18.3. The Labute approximate surface area is 179 Å². The average Bonchev–Trinajstić information content (AvgIpc) is 3.69. The second-order valence-corrected chi connectivity index (χ2v) is 11.8. The Bertz CT molecular complexity index is 858. The summed E-state index contributed by atoms with van der Waals surface area (Å²) < 4.78 is 6.36. The smallest absolute Gasteiger partial charge is 0.306 e. The second-order valence-electron chi connectivity index (χ2n) is 11.8. The van der Waals surface area contributed by atoms with Gasteiger partial charge in [0.25, 0.3) is 0 Å². The summed E-state index contributed by atoms with van der Waals surface area (Å²) in [5, 5.41) is 12.9. The van der Waals surface area contributed by atoms with Crippen LogP contribution in [0.4, 0.5) is 0 Å². The Balaban J connectivity index is 1.32. The van der Waals surface area contributed by atoms with Gasteiger partial charge in [0.15, 0.2) is 0 Å². The monoisotopic (exact) mass is 409 g/mol. The maximum atomic E-state index is 12.4. The van der Waals surface area contributed by atoms with Crippen LogP contribution >= 0.6 is 0 Å². The summed E-state index contributed by atoms with van der Waals surface area (Å²) in [6.07, 6.45) is 15.1. The van der Waals surface area contributed by atoms with Gasteiger partial charge in [0.2, 0.25) is 0 Å². The normalized spacial score (nSPS) is 54.8. The first-order chi connectivity index (χ1) is 14.6. The molecule has 5 saturated carbocycles. The lowest BCUT2D eigenvalue weighted by atomic mass is 9.45. The molecule has 7 rings (SSSR count). The van der Waals surface area contributed by atoms with Crippen LogP contribution in [0.1, 0.15) is 77.6 Å². The molecular weight excluding hydrogens is 374 g/mol. The number of rotatable bonds is 2. The Morgan fingerprint density at radius 3 is 2.70 bits per heavy atom. The largest absolute Gasteiger partial charge is 0.458 e. The lowest BCUT2D eigenvalue weighted by Crippen LogP contribution is -2.58. The molecule has 6 aliphatic carbocycles. The van der Waals surface area contributed by atoms with Crippen molar-refractivity contribution in [2.24, 2.45) is 57.9 Å². The third-order valence-corrected chi connectivity index (χ3v) is 11.2. The van der Waals surface area contributed by atoms with E-state index in [2.05, 4.69) is 18.2 Å². The molecule has 162 valence electrons. The van der Waals surface area contributed by atoms with Crippen LogP contribution in [0.5, 0.6) is 0 Å². The number of hydrogen-bond donors (Lipinski definition) is 1. The molecule has 0 aromatic carbocycles. The third kappa shape index (κ3) is 2.09. The number of carbonyl (C=O) groups excluding carboxylic acids is 1. The number of esters is 1. The van der Waals surface area contributed by atoms with Crippen LogP contribution in [0.2, 0.25) is 0 Å². The molecule has 1 aliphatic heterocycles. The zero-order valence-electron chi connectivity index (χ0n) is 18.2. The van der Waals surface area contributed by atoms with Gasteiger partial charge in [-0.25, -0.2) is 0 Å². The zero-order chi connectivity index (χ0) is 20.3. The maximum absolute atomic E-state index is 12.4. The summed E-state index contributed by atoms with van der Waals surface area (Å²) in [5.74, 6) is 6.36. The van der Waals surface area contributed by atoms with Gasteiger partial charge in [-0.3, -0.25) is 4.79 Å². The SMILES string of the molecule is CC[C@]12CCC3C(C(C4CC4)CC4=C/C(=N/O)CC[C@@H]43)C1C1CC1[C@@]21CCC(=O)O1. The first-order valence-electron chi connectivity index (χ1n) is 12.7. The molecule has 4 heteroatoms. The van der Waals surface area contributed by atoms with Gasteiger partial charge < -0.3 is 9.94 Å². The molecule has 1 spiro atoms. The fourth-order valence-corrected chi connectivity index (χ4v) is 10.2. The molecule has 6 unspecified atom stereocenters. The van der Waals surface area contributed by atoms with Crippen LogP contribution in [0, 0.1) is 52.8 Å². The number of fused-ring (bicyclic) bond motifs is 9. The van der Waals surface area contributed by atoms with Gasteiger partial charge in [0.05, 0.1) is 5.71 Å². The minimum Gasteiger partial charge on any atom is -0.458 e. The van der Waals surface area contributed by atoms with Crippen molar-refractivity contribution in [3.63, 3.8) is 0 Å². The van der Waals surface area contributed by atoms with Crippen molar-refractivity contribution in [2.75, 3.05) is 0 Å². The summed E-state index contributed by atoms with van der Waals surface area (Å²) in [5.41, 5.74) is 2.62. The summed E-state index contributed by atoms with van der Waals surface area (Å²) in [4.78, 5) is 12.4. The van der Waals surface area contributed by atoms with E-state index in [0.29, 0.717) is 18.3 Å². The molecule has 30 heavy (non-hydrogen) atoms. The molecule has 0 aromatic rings. The quantitative estimate of drug-likeness (QED) is 0.380. The van der Waals surface area contributed by atoms with Crippen molar-refractivity contribution in [3.05, 3.63) is 11.6 Å². The van der Waals surface area contributed by atoms with Gasteiger partial charge in [0, 0.05) is 17.8 Å². The minimum absolute atomic E-state index is 0.0759. The minimum atomic E-state index is -0.118. The lowest BCUT2D eigenvalue weighted by Gasteiger charge is -2.60. The Hall–Kier alpha value is -1.32. The van der Waals surface area contributed by atoms with E-state index in [1.54, 1.807) is 5.57 Å². The van der Waals surface area contributed by atoms with E-state index in [0.717, 1.165) is 54.1 Å². The highest BCUT2D eigenvalue weighted by molar-refractivity contribution is 5.96.